The number of rotatable bonds is 1. The number of halogens is 2. The van der Waals surface area contributed by atoms with Crippen molar-refractivity contribution in [2.75, 3.05) is 20.1 Å². The van der Waals surface area contributed by atoms with Gasteiger partial charge in [-0.15, -0.1) is 0 Å². The molecule has 2 aliphatic rings. The first-order chi connectivity index (χ1) is 8.12. The Labute approximate surface area is 113 Å². The van der Waals surface area contributed by atoms with Crippen LogP contribution >= 0.6 is 23.2 Å². The van der Waals surface area contributed by atoms with Gasteiger partial charge in [0.15, 0.2) is 0 Å². The molecule has 2 atom stereocenters. The van der Waals surface area contributed by atoms with E-state index in [1.807, 2.05) is 6.07 Å². The molecular weight excluding hydrogens is 253 g/mol. The number of likely N-dealkylation sites (tertiary alicyclic amines) is 1. The van der Waals surface area contributed by atoms with Crippen LogP contribution in [0.2, 0.25) is 10.0 Å². The van der Waals surface area contributed by atoms with E-state index in [9.17, 15) is 0 Å². The Hall–Kier alpha value is -0.240. The Bertz CT molecular complexity index is 446. The average Bonchev–Trinajstić information content (AvgIpc) is 2.78. The van der Waals surface area contributed by atoms with Crippen molar-refractivity contribution in [3.05, 3.63) is 33.8 Å². The molecule has 1 aromatic rings. The lowest BCUT2D eigenvalue weighted by Gasteiger charge is -2.29. The molecule has 0 aromatic heterocycles. The summed E-state index contributed by atoms with van der Waals surface area (Å²) in [6, 6.07) is 6.20. The van der Waals surface area contributed by atoms with E-state index in [0.29, 0.717) is 15.5 Å². The highest BCUT2D eigenvalue weighted by Gasteiger charge is 2.49. The lowest BCUT2D eigenvalue weighted by atomic mass is 9.75. The maximum atomic E-state index is 6.17. The molecular formula is C14H17Cl2N. The van der Waals surface area contributed by atoms with Crippen molar-refractivity contribution in [1.82, 2.24) is 4.90 Å². The van der Waals surface area contributed by atoms with Crippen LogP contribution in [0.1, 0.15) is 24.8 Å². The highest BCUT2D eigenvalue weighted by Crippen LogP contribution is 2.50. The third-order valence-corrected chi connectivity index (χ3v) is 5.27. The summed E-state index contributed by atoms with van der Waals surface area (Å²) in [5.74, 6) is 0.796. The first-order valence-corrected chi connectivity index (χ1v) is 7.01. The van der Waals surface area contributed by atoms with Crippen LogP contribution in [0.5, 0.6) is 0 Å². The third-order valence-electron chi connectivity index (χ3n) is 4.54. The second-order valence-electron chi connectivity index (χ2n) is 5.57. The molecule has 0 bridgehead atoms. The summed E-state index contributed by atoms with van der Waals surface area (Å²) in [4.78, 5) is 2.45. The molecule has 1 aromatic carbocycles. The lowest BCUT2D eigenvalue weighted by molar-refractivity contribution is 0.360. The first kappa shape index (κ1) is 11.8. The highest BCUT2D eigenvalue weighted by atomic mass is 35.5. The monoisotopic (exact) mass is 269 g/mol. The van der Waals surface area contributed by atoms with E-state index in [2.05, 4.69) is 24.1 Å². The second-order valence-corrected chi connectivity index (χ2v) is 6.39. The van der Waals surface area contributed by atoms with Crippen LogP contribution < -0.4 is 0 Å². The molecule has 2 fully saturated rings. The SMILES string of the molecule is CN1C[C@@H]2CCCC2(c2ccc(Cl)c(Cl)c2)C1. The van der Waals surface area contributed by atoms with E-state index < -0.39 is 0 Å². The molecule has 0 radical (unpaired) electrons. The fraction of sp³-hybridized carbons (Fsp3) is 0.571. The molecule has 1 nitrogen and oxygen atoms in total. The zero-order chi connectivity index (χ0) is 12.0. The van der Waals surface area contributed by atoms with Crippen LogP contribution in [-0.2, 0) is 5.41 Å². The molecule has 1 saturated heterocycles. The highest BCUT2D eigenvalue weighted by molar-refractivity contribution is 6.42. The Balaban J connectivity index is 2.04. The third kappa shape index (κ3) is 1.80. The Kier molecular flexibility index (Phi) is 2.89. The van der Waals surface area contributed by atoms with Gasteiger partial charge in [0.1, 0.15) is 0 Å². The zero-order valence-electron chi connectivity index (χ0n) is 10.0. The number of benzene rings is 1. The van der Waals surface area contributed by atoms with E-state index in [1.54, 1.807) is 0 Å². The summed E-state index contributed by atoms with van der Waals surface area (Å²) in [6.07, 6.45) is 3.99. The zero-order valence-corrected chi connectivity index (χ0v) is 11.6. The molecule has 1 saturated carbocycles. The Morgan fingerprint density at radius 2 is 2.12 bits per heavy atom. The first-order valence-electron chi connectivity index (χ1n) is 6.26. The maximum absolute atomic E-state index is 6.17. The quantitative estimate of drug-likeness (QED) is 0.746. The van der Waals surface area contributed by atoms with Crippen molar-refractivity contribution in [2.24, 2.45) is 5.92 Å². The minimum Gasteiger partial charge on any atom is -0.305 e. The average molecular weight is 270 g/mol. The van der Waals surface area contributed by atoms with Crippen LogP contribution in [0, 0.1) is 5.92 Å². The van der Waals surface area contributed by atoms with Gasteiger partial charge in [-0.1, -0.05) is 35.7 Å². The van der Waals surface area contributed by atoms with E-state index in [4.69, 9.17) is 23.2 Å². The minimum absolute atomic E-state index is 0.336. The summed E-state index contributed by atoms with van der Waals surface area (Å²) in [5, 5.41) is 1.35. The molecule has 17 heavy (non-hydrogen) atoms. The van der Waals surface area contributed by atoms with Crippen molar-refractivity contribution in [3.8, 4) is 0 Å². The van der Waals surface area contributed by atoms with Gasteiger partial charge in [0, 0.05) is 18.5 Å². The van der Waals surface area contributed by atoms with Crippen molar-refractivity contribution >= 4 is 23.2 Å². The molecule has 3 heteroatoms. The van der Waals surface area contributed by atoms with E-state index in [-0.39, 0.29) is 0 Å². The van der Waals surface area contributed by atoms with Gasteiger partial charge in [-0.3, -0.25) is 0 Å². The largest absolute Gasteiger partial charge is 0.305 e. The molecule has 92 valence electrons. The normalized spacial score (nSPS) is 33.0. The van der Waals surface area contributed by atoms with Gasteiger partial charge < -0.3 is 4.90 Å². The van der Waals surface area contributed by atoms with Gasteiger partial charge in [-0.05, 0) is 43.5 Å². The number of nitrogens with zero attached hydrogens (tertiary/aromatic N) is 1. The number of hydrogen-bond donors (Lipinski definition) is 0. The van der Waals surface area contributed by atoms with Gasteiger partial charge in [-0.2, -0.15) is 0 Å². The molecule has 0 N–H and O–H groups in total. The summed E-state index contributed by atoms with van der Waals surface area (Å²) < 4.78 is 0. The predicted octanol–water partition coefficient (Wildman–Crippen LogP) is 3.98. The summed E-state index contributed by atoms with van der Waals surface area (Å²) >= 11 is 12.2. The minimum atomic E-state index is 0.336. The number of fused-ring (bicyclic) bond motifs is 1. The molecule has 1 heterocycles. The van der Waals surface area contributed by atoms with Gasteiger partial charge in [-0.25, -0.2) is 0 Å². The van der Waals surface area contributed by atoms with Crippen LogP contribution in [0.3, 0.4) is 0 Å². The van der Waals surface area contributed by atoms with Crippen molar-refractivity contribution < 1.29 is 0 Å². The standard InChI is InChI=1S/C14H17Cl2N/c1-17-8-11-3-2-6-14(11,9-17)10-4-5-12(15)13(16)7-10/h4-5,7,11H,2-3,6,8-9H2,1H3/t11-,14?/m0/s1. The predicted molar refractivity (Wildman–Crippen MR) is 73.0 cm³/mol. The van der Waals surface area contributed by atoms with Crippen LogP contribution in [-0.4, -0.2) is 25.0 Å². The molecule has 0 spiro atoms. The number of hydrogen-bond acceptors (Lipinski definition) is 1. The van der Waals surface area contributed by atoms with Gasteiger partial charge in [0.25, 0.3) is 0 Å². The molecule has 1 aliphatic heterocycles. The van der Waals surface area contributed by atoms with Crippen LogP contribution in [0.4, 0.5) is 0 Å². The molecule has 3 rings (SSSR count). The van der Waals surface area contributed by atoms with Gasteiger partial charge in [0.2, 0.25) is 0 Å². The van der Waals surface area contributed by atoms with Crippen molar-refractivity contribution in [3.63, 3.8) is 0 Å². The smallest absolute Gasteiger partial charge is 0.0595 e. The maximum Gasteiger partial charge on any atom is 0.0595 e. The van der Waals surface area contributed by atoms with Crippen LogP contribution in [0.25, 0.3) is 0 Å². The summed E-state index contributed by atoms with van der Waals surface area (Å²) in [6.45, 7) is 2.38. The van der Waals surface area contributed by atoms with Crippen LogP contribution in [0.15, 0.2) is 18.2 Å². The molecule has 0 amide bonds. The van der Waals surface area contributed by atoms with E-state index in [1.165, 1.54) is 31.4 Å². The van der Waals surface area contributed by atoms with Crippen molar-refractivity contribution in [1.29, 1.82) is 0 Å². The molecule has 1 aliphatic carbocycles. The number of likely N-dealkylation sites (N-methyl/N-ethyl adjacent to an activating group) is 1. The fourth-order valence-electron chi connectivity index (χ4n) is 3.82. The van der Waals surface area contributed by atoms with Crippen molar-refractivity contribution in [2.45, 2.75) is 24.7 Å². The topological polar surface area (TPSA) is 3.24 Å². The molecule has 1 unspecified atom stereocenters. The Morgan fingerprint density at radius 1 is 1.29 bits per heavy atom. The summed E-state index contributed by atoms with van der Waals surface area (Å²) in [7, 11) is 2.22. The van der Waals surface area contributed by atoms with Gasteiger partial charge in [0.05, 0.1) is 10.0 Å². The summed E-state index contributed by atoms with van der Waals surface area (Å²) in [5.41, 5.74) is 1.72. The van der Waals surface area contributed by atoms with E-state index >= 15 is 0 Å². The Morgan fingerprint density at radius 3 is 2.88 bits per heavy atom. The fourth-order valence-corrected chi connectivity index (χ4v) is 4.12. The second kappa shape index (κ2) is 4.15. The van der Waals surface area contributed by atoms with E-state index in [0.717, 1.165) is 12.5 Å². The lowest BCUT2D eigenvalue weighted by Crippen LogP contribution is -2.31. The van der Waals surface area contributed by atoms with Gasteiger partial charge >= 0.3 is 0 Å².